The molecule has 2 aromatic carbocycles. The Morgan fingerprint density at radius 2 is 1.87 bits per heavy atom. The highest BCUT2D eigenvalue weighted by Crippen LogP contribution is 2.49. The first-order valence-corrected chi connectivity index (χ1v) is 12.3. The van der Waals surface area contributed by atoms with Crippen LogP contribution in [0.2, 0.25) is 0 Å². The normalized spacial score (nSPS) is 23.4. The van der Waals surface area contributed by atoms with Crippen molar-refractivity contribution in [1.29, 1.82) is 0 Å². The molecule has 2 aromatic rings. The molecule has 0 aliphatic heterocycles. The molecule has 2 fully saturated rings. The average Bonchev–Trinajstić information content (AvgIpc) is 3.42. The van der Waals surface area contributed by atoms with Crippen molar-refractivity contribution in [3.63, 3.8) is 0 Å². The van der Waals surface area contributed by atoms with Crippen molar-refractivity contribution < 1.29 is 17.9 Å². The zero-order valence-electron chi connectivity index (χ0n) is 18.2. The van der Waals surface area contributed by atoms with Crippen LogP contribution in [0.4, 0.5) is 5.69 Å². The lowest BCUT2D eigenvalue weighted by molar-refractivity contribution is 0.0915. The van der Waals surface area contributed by atoms with Gasteiger partial charge in [-0.3, -0.25) is 9.10 Å². The third kappa shape index (κ3) is 4.28. The van der Waals surface area contributed by atoms with E-state index < -0.39 is 10.0 Å². The Hall–Kier alpha value is -2.54. The van der Waals surface area contributed by atoms with E-state index in [2.05, 4.69) is 12.2 Å². The topological polar surface area (TPSA) is 75.7 Å². The largest absolute Gasteiger partial charge is 0.497 e. The lowest BCUT2D eigenvalue weighted by atomic mass is 9.84. The van der Waals surface area contributed by atoms with Gasteiger partial charge in [0.05, 0.1) is 17.7 Å². The van der Waals surface area contributed by atoms with E-state index in [-0.39, 0.29) is 16.8 Å². The number of hydrogen-bond donors (Lipinski definition) is 1. The number of fused-ring (bicyclic) bond motifs is 2. The molecule has 0 spiro atoms. The third-order valence-corrected chi connectivity index (χ3v) is 8.77. The van der Waals surface area contributed by atoms with Gasteiger partial charge >= 0.3 is 0 Å². The SMILES string of the molecule is COc1ccc(N(C)S(=O)(=O)c2cccc(C(=O)N[C@H](C)[C@@H]3C[C@H]4CC[C@H]3C4)c2)cc1. The highest BCUT2D eigenvalue weighted by Gasteiger charge is 2.42. The molecule has 2 bridgehead atoms. The average molecular weight is 443 g/mol. The number of carbonyl (C=O) groups is 1. The van der Waals surface area contributed by atoms with Gasteiger partial charge in [0.2, 0.25) is 0 Å². The van der Waals surface area contributed by atoms with Crippen LogP contribution >= 0.6 is 0 Å². The van der Waals surface area contributed by atoms with Crippen molar-refractivity contribution in [1.82, 2.24) is 5.32 Å². The van der Waals surface area contributed by atoms with E-state index in [1.807, 2.05) is 0 Å². The monoisotopic (exact) mass is 442 g/mol. The first-order valence-electron chi connectivity index (χ1n) is 10.8. The Morgan fingerprint density at radius 1 is 1.13 bits per heavy atom. The fourth-order valence-electron chi connectivity index (χ4n) is 5.19. The lowest BCUT2D eigenvalue weighted by Crippen LogP contribution is -2.40. The first kappa shape index (κ1) is 21.7. The van der Waals surface area contributed by atoms with Crippen molar-refractivity contribution in [3.05, 3.63) is 54.1 Å². The van der Waals surface area contributed by atoms with Gasteiger partial charge in [-0.25, -0.2) is 8.42 Å². The van der Waals surface area contributed by atoms with Gasteiger partial charge in [0.25, 0.3) is 15.9 Å². The van der Waals surface area contributed by atoms with Gasteiger partial charge in [-0.1, -0.05) is 12.5 Å². The molecular weight excluding hydrogens is 412 g/mol. The minimum atomic E-state index is -3.81. The first-order chi connectivity index (χ1) is 14.8. The number of ether oxygens (including phenoxy) is 1. The molecule has 2 saturated carbocycles. The maximum absolute atomic E-state index is 13.1. The summed E-state index contributed by atoms with van der Waals surface area (Å²) < 4.78 is 32.6. The van der Waals surface area contributed by atoms with E-state index >= 15 is 0 Å². The second kappa shape index (κ2) is 8.54. The summed E-state index contributed by atoms with van der Waals surface area (Å²) in [7, 11) is -0.745. The van der Waals surface area contributed by atoms with Crippen LogP contribution in [0.5, 0.6) is 5.75 Å². The van der Waals surface area contributed by atoms with Crippen molar-refractivity contribution in [3.8, 4) is 5.75 Å². The number of rotatable bonds is 7. The molecular formula is C24H30N2O4S. The maximum Gasteiger partial charge on any atom is 0.264 e. The van der Waals surface area contributed by atoms with Crippen LogP contribution < -0.4 is 14.4 Å². The molecule has 2 aliphatic carbocycles. The number of nitrogens with one attached hydrogen (secondary N) is 1. The second-order valence-electron chi connectivity index (χ2n) is 8.80. The molecule has 31 heavy (non-hydrogen) atoms. The highest BCUT2D eigenvalue weighted by molar-refractivity contribution is 7.92. The zero-order chi connectivity index (χ0) is 22.2. The maximum atomic E-state index is 13.1. The lowest BCUT2D eigenvalue weighted by Gasteiger charge is -2.28. The van der Waals surface area contributed by atoms with Crippen LogP contribution in [-0.2, 0) is 10.0 Å². The predicted octanol–water partition coefficient (Wildman–Crippen LogP) is 4.07. The number of anilines is 1. The van der Waals surface area contributed by atoms with Gasteiger partial charge in [-0.15, -0.1) is 0 Å². The molecule has 0 saturated heterocycles. The molecule has 2 aliphatic rings. The Bertz CT molecular complexity index is 1050. The standard InChI is InChI=1S/C24H30N2O4S/c1-16(23-14-17-7-8-18(23)13-17)25-24(27)19-5-4-6-22(15-19)31(28,29)26(2)20-9-11-21(30-3)12-10-20/h4-6,9-12,15-18,23H,7-8,13-14H2,1-3H3,(H,25,27)/t16-,17+,18+,23+/m1/s1. The van der Waals surface area contributed by atoms with Crippen LogP contribution in [-0.4, -0.2) is 34.5 Å². The van der Waals surface area contributed by atoms with E-state index in [0.717, 1.165) is 5.92 Å². The summed E-state index contributed by atoms with van der Waals surface area (Å²) in [6.07, 6.45) is 5.06. The van der Waals surface area contributed by atoms with Gasteiger partial charge in [0, 0.05) is 18.7 Å². The Balaban J connectivity index is 1.49. The van der Waals surface area contributed by atoms with Gasteiger partial charge < -0.3 is 10.1 Å². The molecule has 0 aromatic heterocycles. The van der Waals surface area contributed by atoms with Crippen LogP contribution in [0.1, 0.15) is 43.0 Å². The van der Waals surface area contributed by atoms with E-state index in [0.29, 0.717) is 28.8 Å². The number of benzene rings is 2. The molecule has 166 valence electrons. The smallest absolute Gasteiger partial charge is 0.264 e. The fourth-order valence-corrected chi connectivity index (χ4v) is 6.43. The molecule has 4 atom stereocenters. The van der Waals surface area contributed by atoms with E-state index in [1.54, 1.807) is 43.5 Å². The molecule has 0 unspecified atom stereocenters. The van der Waals surface area contributed by atoms with E-state index in [4.69, 9.17) is 4.74 Å². The molecule has 0 radical (unpaired) electrons. The third-order valence-electron chi connectivity index (χ3n) is 6.98. The quantitative estimate of drug-likeness (QED) is 0.701. The number of methoxy groups -OCH3 is 1. The number of nitrogens with zero attached hydrogens (tertiary/aromatic N) is 1. The van der Waals surface area contributed by atoms with E-state index in [9.17, 15) is 13.2 Å². The van der Waals surface area contributed by atoms with Crippen molar-refractivity contribution in [2.24, 2.45) is 17.8 Å². The number of sulfonamides is 1. The summed E-state index contributed by atoms with van der Waals surface area (Å²) in [6, 6.07) is 13.1. The van der Waals surface area contributed by atoms with Crippen LogP contribution in [0.25, 0.3) is 0 Å². The summed E-state index contributed by atoms with van der Waals surface area (Å²) in [4.78, 5) is 13.0. The molecule has 6 nitrogen and oxygen atoms in total. The summed E-state index contributed by atoms with van der Waals surface area (Å²) in [5.41, 5.74) is 0.875. The van der Waals surface area contributed by atoms with Crippen LogP contribution in [0.3, 0.4) is 0 Å². The van der Waals surface area contributed by atoms with Gasteiger partial charge in [-0.05, 0) is 86.4 Å². The minimum Gasteiger partial charge on any atom is -0.497 e. The van der Waals surface area contributed by atoms with Crippen molar-refractivity contribution in [2.45, 2.75) is 43.5 Å². The van der Waals surface area contributed by atoms with Crippen LogP contribution in [0.15, 0.2) is 53.4 Å². The molecule has 4 rings (SSSR count). The van der Waals surface area contributed by atoms with Gasteiger partial charge in [-0.2, -0.15) is 0 Å². The molecule has 7 heteroatoms. The fraction of sp³-hybridized carbons (Fsp3) is 0.458. The minimum absolute atomic E-state index is 0.0880. The summed E-state index contributed by atoms with van der Waals surface area (Å²) in [6.45, 7) is 2.07. The Morgan fingerprint density at radius 3 is 2.48 bits per heavy atom. The molecule has 0 heterocycles. The molecule has 1 N–H and O–H groups in total. The van der Waals surface area contributed by atoms with Gasteiger partial charge in [0.1, 0.15) is 5.75 Å². The van der Waals surface area contributed by atoms with Crippen LogP contribution in [0, 0.1) is 17.8 Å². The second-order valence-corrected chi connectivity index (χ2v) is 10.8. The Labute approximate surface area is 184 Å². The van der Waals surface area contributed by atoms with Gasteiger partial charge in [0.15, 0.2) is 0 Å². The van der Waals surface area contributed by atoms with Crippen molar-refractivity contribution in [2.75, 3.05) is 18.5 Å². The zero-order valence-corrected chi connectivity index (χ0v) is 19.1. The predicted molar refractivity (Wildman–Crippen MR) is 121 cm³/mol. The van der Waals surface area contributed by atoms with Crippen molar-refractivity contribution >= 4 is 21.6 Å². The number of hydrogen-bond acceptors (Lipinski definition) is 4. The summed E-state index contributed by atoms with van der Waals surface area (Å²) >= 11 is 0. The number of amides is 1. The summed E-state index contributed by atoms with van der Waals surface area (Å²) in [5, 5.41) is 3.11. The summed E-state index contributed by atoms with van der Waals surface area (Å²) in [5.74, 6) is 2.48. The highest BCUT2D eigenvalue weighted by atomic mass is 32.2. The molecule has 1 amide bonds. The van der Waals surface area contributed by atoms with E-state index in [1.165, 1.54) is 49.2 Å². The Kier molecular flexibility index (Phi) is 5.97. The number of carbonyl (C=O) groups excluding carboxylic acids is 1.